The third-order valence-corrected chi connectivity index (χ3v) is 4.33. The third-order valence-electron chi connectivity index (χ3n) is 4.33. The fourth-order valence-electron chi connectivity index (χ4n) is 3.38. The van der Waals surface area contributed by atoms with Gasteiger partial charge in [0.15, 0.2) is 6.54 Å². The smallest absolute Gasteiger partial charge is 0.217 e. The average Bonchev–Trinajstić information content (AvgIpc) is 3.03. The minimum Gasteiger partial charge on any atom is -0.236 e. The SMILES string of the molecule is [C-]#[N+]c1ccc(C#N)c2c[n+]3n(c12)-c1cc(C)cc(C)c1C3. The minimum atomic E-state index is 0.583. The van der Waals surface area contributed by atoms with Crippen molar-refractivity contribution in [2.24, 2.45) is 0 Å². The van der Waals surface area contributed by atoms with E-state index in [1.165, 1.54) is 16.7 Å². The van der Waals surface area contributed by atoms with E-state index in [1.54, 1.807) is 12.1 Å². The number of fused-ring (bicyclic) bond motifs is 5. The van der Waals surface area contributed by atoms with Crippen molar-refractivity contribution in [3.05, 3.63) is 64.1 Å². The Hall–Kier alpha value is -3.11. The summed E-state index contributed by atoms with van der Waals surface area (Å²) in [7, 11) is 0. The lowest BCUT2D eigenvalue weighted by molar-refractivity contribution is -0.749. The highest BCUT2D eigenvalue weighted by molar-refractivity contribution is 5.95. The second-order valence-electron chi connectivity index (χ2n) is 5.74. The third kappa shape index (κ3) is 1.47. The van der Waals surface area contributed by atoms with Crippen molar-refractivity contribution >= 4 is 16.6 Å². The van der Waals surface area contributed by atoms with Crippen molar-refractivity contribution in [2.75, 3.05) is 0 Å². The van der Waals surface area contributed by atoms with Gasteiger partial charge in [-0.25, -0.2) is 4.85 Å². The molecular formula is C18H13N4+. The zero-order valence-corrected chi connectivity index (χ0v) is 12.4. The summed E-state index contributed by atoms with van der Waals surface area (Å²) in [6.07, 6.45) is 1.98. The molecule has 2 aromatic carbocycles. The molecule has 0 bridgehead atoms. The van der Waals surface area contributed by atoms with E-state index in [1.807, 2.05) is 6.20 Å². The van der Waals surface area contributed by atoms with E-state index in [9.17, 15) is 5.26 Å². The Morgan fingerprint density at radius 2 is 2.14 bits per heavy atom. The zero-order valence-electron chi connectivity index (χ0n) is 12.4. The zero-order chi connectivity index (χ0) is 15.4. The van der Waals surface area contributed by atoms with Crippen LogP contribution in [0.15, 0.2) is 30.5 Å². The van der Waals surface area contributed by atoms with Crippen molar-refractivity contribution in [1.82, 2.24) is 4.68 Å². The second kappa shape index (κ2) is 4.19. The van der Waals surface area contributed by atoms with Gasteiger partial charge >= 0.3 is 0 Å². The lowest BCUT2D eigenvalue weighted by Gasteiger charge is -2.04. The molecule has 104 valence electrons. The molecule has 1 aromatic heterocycles. The van der Waals surface area contributed by atoms with Gasteiger partial charge in [0.1, 0.15) is 11.2 Å². The number of rotatable bonds is 0. The van der Waals surface area contributed by atoms with Crippen LogP contribution in [-0.4, -0.2) is 4.68 Å². The van der Waals surface area contributed by atoms with E-state index in [2.05, 4.69) is 46.3 Å². The van der Waals surface area contributed by atoms with Crippen LogP contribution in [0.25, 0.3) is 21.4 Å². The first-order valence-corrected chi connectivity index (χ1v) is 7.10. The van der Waals surface area contributed by atoms with Crippen LogP contribution in [-0.2, 0) is 6.54 Å². The molecule has 0 amide bonds. The molecule has 0 aliphatic carbocycles. The first kappa shape index (κ1) is 12.6. The molecule has 0 saturated carbocycles. The molecule has 4 heteroatoms. The Morgan fingerprint density at radius 3 is 2.86 bits per heavy atom. The molecule has 4 rings (SSSR count). The van der Waals surface area contributed by atoms with E-state index in [0.29, 0.717) is 11.3 Å². The van der Waals surface area contributed by atoms with Gasteiger partial charge in [-0.15, -0.1) is 9.36 Å². The van der Waals surface area contributed by atoms with Gasteiger partial charge in [-0.1, -0.05) is 18.2 Å². The second-order valence-corrected chi connectivity index (χ2v) is 5.74. The van der Waals surface area contributed by atoms with Gasteiger partial charge in [0.05, 0.1) is 29.2 Å². The van der Waals surface area contributed by atoms with Gasteiger partial charge in [-0.3, -0.25) is 0 Å². The molecular weight excluding hydrogens is 272 g/mol. The normalized spacial score (nSPS) is 11.8. The van der Waals surface area contributed by atoms with Crippen molar-refractivity contribution in [3.8, 4) is 11.8 Å². The monoisotopic (exact) mass is 285 g/mol. The summed E-state index contributed by atoms with van der Waals surface area (Å²) in [5.74, 6) is 0. The highest BCUT2D eigenvalue weighted by Gasteiger charge is 2.31. The van der Waals surface area contributed by atoms with Gasteiger partial charge in [-0.05, 0) is 31.0 Å². The van der Waals surface area contributed by atoms with Gasteiger partial charge in [0, 0.05) is 0 Å². The molecule has 22 heavy (non-hydrogen) atoms. The Labute approximate surface area is 128 Å². The summed E-state index contributed by atoms with van der Waals surface area (Å²) in [6.45, 7) is 12.4. The van der Waals surface area contributed by atoms with Crippen LogP contribution in [0.3, 0.4) is 0 Å². The molecule has 4 nitrogen and oxygen atoms in total. The summed E-state index contributed by atoms with van der Waals surface area (Å²) >= 11 is 0. The lowest BCUT2D eigenvalue weighted by atomic mass is 10.0. The van der Waals surface area contributed by atoms with E-state index in [-0.39, 0.29) is 0 Å². The number of benzene rings is 2. The Kier molecular flexibility index (Phi) is 2.40. The fraction of sp³-hybridized carbons (Fsp3) is 0.167. The number of hydrogen-bond donors (Lipinski definition) is 0. The van der Waals surface area contributed by atoms with E-state index in [0.717, 1.165) is 23.1 Å². The maximum Gasteiger partial charge on any atom is 0.217 e. The maximum atomic E-state index is 9.33. The van der Waals surface area contributed by atoms with Gasteiger partial charge in [0.25, 0.3) is 0 Å². The van der Waals surface area contributed by atoms with Crippen LogP contribution in [0.5, 0.6) is 0 Å². The standard InChI is InChI=1S/C18H13N4/c1-11-6-12(2)14-9-21-10-15-13(8-19)4-5-16(20-3)18(15)22(21)17(14)7-11/h4-7,10H,9H2,1-2H3/q+1. The topological polar surface area (TPSA) is 37.0 Å². The first-order valence-electron chi connectivity index (χ1n) is 7.10. The highest BCUT2D eigenvalue weighted by atomic mass is 15.4. The molecule has 0 unspecified atom stereocenters. The van der Waals surface area contributed by atoms with Crippen LogP contribution in [0, 0.1) is 31.8 Å². The summed E-state index contributed by atoms with van der Waals surface area (Å²) in [4.78, 5) is 3.65. The molecule has 1 aliphatic rings. The minimum absolute atomic E-state index is 0.583. The predicted octanol–water partition coefficient (Wildman–Crippen LogP) is 3.32. The predicted molar refractivity (Wildman–Crippen MR) is 83.0 cm³/mol. The van der Waals surface area contributed by atoms with Gasteiger partial charge < -0.3 is 0 Å². The molecule has 3 aromatic rings. The molecule has 0 radical (unpaired) electrons. The van der Waals surface area contributed by atoms with Gasteiger partial charge in [-0.2, -0.15) is 5.26 Å². The van der Waals surface area contributed by atoms with Crippen LogP contribution in [0.2, 0.25) is 0 Å². The Morgan fingerprint density at radius 1 is 1.32 bits per heavy atom. The van der Waals surface area contributed by atoms with Crippen LogP contribution in [0.1, 0.15) is 22.3 Å². The first-order chi connectivity index (χ1) is 10.6. The summed E-state index contributed by atoms with van der Waals surface area (Å²) < 4.78 is 4.18. The fourth-order valence-corrected chi connectivity index (χ4v) is 3.38. The van der Waals surface area contributed by atoms with Crippen LogP contribution >= 0.6 is 0 Å². The number of aryl methyl sites for hydroxylation is 2. The van der Waals surface area contributed by atoms with Crippen molar-refractivity contribution in [1.29, 1.82) is 5.26 Å². The van der Waals surface area contributed by atoms with Crippen molar-refractivity contribution in [2.45, 2.75) is 20.4 Å². The quantitative estimate of drug-likeness (QED) is 0.361. The molecule has 1 aliphatic heterocycles. The summed E-state index contributed by atoms with van der Waals surface area (Å²) in [5, 5.41) is 10.2. The molecule has 2 heterocycles. The molecule has 0 saturated heterocycles. The van der Waals surface area contributed by atoms with Crippen molar-refractivity contribution in [3.63, 3.8) is 0 Å². The average molecular weight is 285 g/mol. The largest absolute Gasteiger partial charge is 0.236 e. The molecule has 0 spiro atoms. The lowest BCUT2D eigenvalue weighted by Crippen LogP contribution is -2.36. The maximum absolute atomic E-state index is 9.33. The number of hydrogen-bond acceptors (Lipinski definition) is 1. The van der Waals surface area contributed by atoms with Crippen LogP contribution < -0.4 is 4.68 Å². The Balaban J connectivity index is 2.18. The summed E-state index contributed by atoms with van der Waals surface area (Å²) in [5.41, 5.74) is 6.89. The summed E-state index contributed by atoms with van der Waals surface area (Å²) in [6, 6.07) is 10.0. The number of aromatic nitrogens is 2. The van der Waals surface area contributed by atoms with Crippen molar-refractivity contribution < 1.29 is 4.68 Å². The molecule has 0 fully saturated rings. The molecule has 0 N–H and O–H groups in total. The highest BCUT2D eigenvalue weighted by Crippen LogP contribution is 2.34. The van der Waals surface area contributed by atoms with E-state index < -0.39 is 0 Å². The number of nitrogens with zero attached hydrogens (tertiary/aromatic N) is 4. The number of nitriles is 1. The van der Waals surface area contributed by atoms with Crippen LogP contribution in [0.4, 0.5) is 5.69 Å². The van der Waals surface area contributed by atoms with E-state index in [4.69, 9.17) is 6.57 Å². The van der Waals surface area contributed by atoms with E-state index >= 15 is 0 Å². The Bertz CT molecular complexity index is 1040. The molecule has 0 atom stereocenters. The van der Waals surface area contributed by atoms with Gasteiger partial charge in [0.2, 0.25) is 11.9 Å².